The maximum Gasteiger partial charge on any atom is 0.235 e. The van der Waals surface area contributed by atoms with Crippen LogP contribution in [0.5, 0.6) is 11.5 Å². The summed E-state index contributed by atoms with van der Waals surface area (Å²) in [6, 6.07) is 9.95. The van der Waals surface area contributed by atoms with Gasteiger partial charge in [-0.1, -0.05) is 0 Å². The topological polar surface area (TPSA) is 89.5 Å². The molecule has 7 nitrogen and oxygen atoms in total. The minimum absolute atomic E-state index is 0.238. The molecule has 9 heteroatoms. The molecule has 1 aliphatic carbocycles. The standard InChI is InChI=1S/C20H20FN3O4S/c1-27-18-9-15-17(10-19(18)28-2)22-11-16(21)20(15)23-12-3-5-13(6-4-12)24-29(25,26)14-7-8-14/h3-6,9-11,14,24H,7-8H2,1-2H3,(H,22,23). The van der Waals surface area contributed by atoms with E-state index in [4.69, 9.17) is 9.47 Å². The Morgan fingerprint density at radius 3 is 2.28 bits per heavy atom. The molecular formula is C20H20FN3O4S. The van der Waals surface area contributed by atoms with Gasteiger partial charge in [0, 0.05) is 22.8 Å². The number of rotatable bonds is 7. The van der Waals surface area contributed by atoms with E-state index >= 15 is 0 Å². The number of nitrogens with one attached hydrogen (secondary N) is 2. The average Bonchev–Trinajstić information content (AvgIpc) is 3.56. The van der Waals surface area contributed by atoms with Gasteiger partial charge in [0.15, 0.2) is 17.3 Å². The molecule has 0 saturated heterocycles. The molecule has 1 fully saturated rings. The van der Waals surface area contributed by atoms with Gasteiger partial charge in [-0.05, 0) is 43.2 Å². The third-order valence-electron chi connectivity index (χ3n) is 4.70. The van der Waals surface area contributed by atoms with E-state index < -0.39 is 15.8 Å². The molecule has 0 atom stereocenters. The first-order valence-corrected chi connectivity index (χ1v) is 10.5. The number of anilines is 3. The van der Waals surface area contributed by atoms with Gasteiger partial charge in [-0.2, -0.15) is 0 Å². The minimum atomic E-state index is -3.33. The second-order valence-electron chi connectivity index (χ2n) is 6.75. The van der Waals surface area contributed by atoms with Crippen LogP contribution in [-0.2, 0) is 10.0 Å². The number of nitrogens with zero attached hydrogens (tertiary/aromatic N) is 1. The monoisotopic (exact) mass is 417 g/mol. The van der Waals surface area contributed by atoms with Gasteiger partial charge in [-0.25, -0.2) is 12.8 Å². The van der Waals surface area contributed by atoms with Crippen LogP contribution in [0.4, 0.5) is 21.5 Å². The molecule has 0 aliphatic heterocycles. The highest BCUT2D eigenvalue weighted by Gasteiger charge is 2.35. The smallest absolute Gasteiger partial charge is 0.235 e. The van der Waals surface area contributed by atoms with Gasteiger partial charge in [0.1, 0.15) is 0 Å². The van der Waals surface area contributed by atoms with Crippen molar-refractivity contribution in [3.8, 4) is 11.5 Å². The summed E-state index contributed by atoms with van der Waals surface area (Å²) in [5, 5.41) is 3.27. The zero-order valence-corrected chi connectivity index (χ0v) is 16.7. The number of fused-ring (bicyclic) bond motifs is 1. The number of halogens is 1. The number of sulfonamides is 1. The largest absolute Gasteiger partial charge is 0.493 e. The Bertz CT molecular complexity index is 1160. The number of pyridine rings is 1. The van der Waals surface area contributed by atoms with E-state index in [0.717, 1.165) is 6.20 Å². The molecule has 1 heterocycles. The van der Waals surface area contributed by atoms with E-state index in [0.29, 0.717) is 46.6 Å². The summed E-state index contributed by atoms with van der Waals surface area (Å²) >= 11 is 0. The molecule has 1 aromatic heterocycles. The van der Waals surface area contributed by atoms with Crippen molar-refractivity contribution in [2.75, 3.05) is 24.3 Å². The quantitative estimate of drug-likeness (QED) is 0.603. The van der Waals surface area contributed by atoms with Crippen molar-refractivity contribution in [2.45, 2.75) is 18.1 Å². The average molecular weight is 417 g/mol. The highest BCUT2D eigenvalue weighted by molar-refractivity contribution is 7.93. The zero-order valence-electron chi connectivity index (χ0n) is 15.9. The van der Waals surface area contributed by atoms with Crippen LogP contribution >= 0.6 is 0 Å². The lowest BCUT2D eigenvalue weighted by Gasteiger charge is -2.14. The van der Waals surface area contributed by atoms with Gasteiger partial charge >= 0.3 is 0 Å². The summed E-state index contributed by atoms with van der Waals surface area (Å²) in [6.45, 7) is 0. The number of aromatic nitrogens is 1. The summed E-state index contributed by atoms with van der Waals surface area (Å²) in [5.74, 6) is 0.431. The first-order chi connectivity index (χ1) is 13.9. The van der Waals surface area contributed by atoms with Crippen LogP contribution in [-0.4, -0.2) is 32.9 Å². The summed E-state index contributed by atoms with van der Waals surface area (Å²) in [4.78, 5) is 4.12. The van der Waals surface area contributed by atoms with Crippen molar-refractivity contribution in [2.24, 2.45) is 0 Å². The van der Waals surface area contributed by atoms with Crippen LogP contribution in [0.2, 0.25) is 0 Å². The van der Waals surface area contributed by atoms with E-state index in [1.54, 1.807) is 36.4 Å². The van der Waals surface area contributed by atoms with Gasteiger partial charge in [0.25, 0.3) is 0 Å². The van der Waals surface area contributed by atoms with Crippen LogP contribution < -0.4 is 19.5 Å². The number of benzene rings is 2. The zero-order chi connectivity index (χ0) is 20.6. The van der Waals surface area contributed by atoms with Crippen molar-refractivity contribution in [1.82, 2.24) is 4.98 Å². The molecule has 152 valence electrons. The summed E-state index contributed by atoms with van der Waals surface area (Å²) in [5.41, 5.74) is 1.84. The number of hydrogen-bond donors (Lipinski definition) is 2. The van der Waals surface area contributed by atoms with Crippen molar-refractivity contribution >= 4 is 38.0 Å². The maximum absolute atomic E-state index is 14.5. The molecular weight excluding hydrogens is 397 g/mol. The van der Waals surface area contributed by atoms with Crippen LogP contribution in [0.25, 0.3) is 10.9 Å². The van der Waals surface area contributed by atoms with Crippen LogP contribution in [0, 0.1) is 5.82 Å². The summed E-state index contributed by atoms with van der Waals surface area (Å²) < 4.78 is 51.8. The molecule has 29 heavy (non-hydrogen) atoms. The summed E-state index contributed by atoms with van der Waals surface area (Å²) in [7, 11) is -0.302. The van der Waals surface area contributed by atoms with E-state index in [1.807, 2.05) is 0 Å². The molecule has 0 bridgehead atoms. The lowest BCUT2D eigenvalue weighted by atomic mass is 10.1. The van der Waals surface area contributed by atoms with Gasteiger partial charge in [-0.3, -0.25) is 9.71 Å². The molecule has 0 spiro atoms. The minimum Gasteiger partial charge on any atom is -0.493 e. The van der Waals surface area contributed by atoms with E-state index in [-0.39, 0.29) is 10.9 Å². The molecule has 1 aliphatic rings. The maximum atomic E-state index is 14.5. The second-order valence-corrected chi connectivity index (χ2v) is 8.72. The van der Waals surface area contributed by atoms with Crippen molar-refractivity contribution in [1.29, 1.82) is 0 Å². The number of hydrogen-bond acceptors (Lipinski definition) is 6. The molecule has 3 aromatic rings. The fraction of sp³-hybridized carbons (Fsp3) is 0.250. The fourth-order valence-electron chi connectivity index (χ4n) is 3.01. The van der Waals surface area contributed by atoms with E-state index in [9.17, 15) is 12.8 Å². The first kappa shape index (κ1) is 19.3. The summed E-state index contributed by atoms with van der Waals surface area (Å²) in [6.07, 6.45) is 2.52. The Morgan fingerprint density at radius 2 is 1.66 bits per heavy atom. The molecule has 1 saturated carbocycles. The van der Waals surface area contributed by atoms with E-state index in [2.05, 4.69) is 15.0 Å². The first-order valence-electron chi connectivity index (χ1n) is 9.00. The molecule has 0 radical (unpaired) electrons. The fourth-order valence-corrected chi connectivity index (χ4v) is 4.40. The van der Waals surface area contributed by atoms with E-state index in [1.165, 1.54) is 14.2 Å². The third-order valence-corrected chi connectivity index (χ3v) is 6.57. The van der Waals surface area contributed by atoms with Crippen LogP contribution in [0.3, 0.4) is 0 Å². The predicted molar refractivity (Wildman–Crippen MR) is 110 cm³/mol. The van der Waals surface area contributed by atoms with Crippen LogP contribution in [0.15, 0.2) is 42.6 Å². The highest BCUT2D eigenvalue weighted by atomic mass is 32.2. The van der Waals surface area contributed by atoms with Gasteiger partial charge in [-0.15, -0.1) is 0 Å². The molecule has 0 unspecified atom stereocenters. The van der Waals surface area contributed by atoms with Gasteiger partial charge in [0.2, 0.25) is 10.0 Å². The second kappa shape index (κ2) is 7.40. The Labute approximate surface area is 167 Å². The molecule has 2 aromatic carbocycles. The highest BCUT2D eigenvalue weighted by Crippen LogP contribution is 2.37. The van der Waals surface area contributed by atoms with Gasteiger partial charge in [0.05, 0.1) is 36.9 Å². The normalized spacial score (nSPS) is 13.9. The predicted octanol–water partition coefficient (Wildman–Crippen LogP) is 4.04. The molecule has 0 amide bonds. The Hall–Kier alpha value is -3.07. The SMILES string of the molecule is COc1cc2ncc(F)c(Nc3ccc(NS(=O)(=O)C4CC4)cc3)c2cc1OC. The lowest BCUT2D eigenvalue weighted by molar-refractivity contribution is 0.356. The Balaban J connectivity index is 1.64. The lowest BCUT2D eigenvalue weighted by Crippen LogP contribution is -2.17. The third kappa shape index (κ3) is 3.91. The number of ether oxygens (including phenoxy) is 2. The Kier molecular flexibility index (Phi) is 4.91. The van der Waals surface area contributed by atoms with Crippen molar-refractivity contribution in [3.05, 3.63) is 48.4 Å². The number of methoxy groups -OCH3 is 2. The van der Waals surface area contributed by atoms with Gasteiger partial charge < -0.3 is 14.8 Å². The Morgan fingerprint density at radius 1 is 1.03 bits per heavy atom. The molecule has 2 N–H and O–H groups in total. The molecule has 4 rings (SSSR count). The van der Waals surface area contributed by atoms with Crippen molar-refractivity contribution < 1.29 is 22.3 Å². The van der Waals surface area contributed by atoms with Crippen molar-refractivity contribution in [3.63, 3.8) is 0 Å². The van der Waals surface area contributed by atoms with Crippen LogP contribution in [0.1, 0.15) is 12.8 Å².